The van der Waals surface area contributed by atoms with Crippen molar-refractivity contribution in [1.29, 1.82) is 0 Å². The van der Waals surface area contributed by atoms with Crippen molar-refractivity contribution in [3.8, 4) is 0 Å². The van der Waals surface area contributed by atoms with Gasteiger partial charge in [-0.3, -0.25) is 0 Å². The second-order valence-corrected chi connectivity index (χ2v) is 4.27. The van der Waals surface area contributed by atoms with Gasteiger partial charge in [-0.05, 0) is 26.9 Å². The van der Waals surface area contributed by atoms with Crippen LogP contribution in [0, 0.1) is 0 Å². The molecule has 0 aromatic heterocycles. The number of nitrogens with zero attached hydrogens (tertiary/aromatic N) is 1. The smallest absolute Gasteiger partial charge is 0.0631 e. The molecule has 3 nitrogen and oxygen atoms in total. The van der Waals surface area contributed by atoms with Gasteiger partial charge >= 0.3 is 0 Å². The summed E-state index contributed by atoms with van der Waals surface area (Å²) < 4.78 is 5.14. The van der Waals surface area contributed by atoms with Crippen molar-refractivity contribution in [1.82, 2.24) is 4.90 Å². The van der Waals surface area contributed by atoms with Gasteiger partial charge in [0.05, 0.1) is 6.61 Å². The highest BCUT2D eigenvalue weighted by molar-refractivity contribution is 5.00. The fourth-order valence-corrected chi connectivity index (χ4v) is 2.47. The highest BCUT2D eigenvalue weighted by Crippen LogP contribution is 2.35. The van der Waals surface area contributed by atoms with Crippen molar-refractivity contribution in [3.63, 3.8) is 0 Å². The number of hydrogen-bond donors (Lipinski definition) is 1. The Kier molecular flexibility index (Phi) is 3.71. The molecule has 0 saturated heterocycles. The maximum Gasteiger partial charge on any atom is 0.0631 e. The summed E-state index contributed by atoms with van der Waals surface area (Å²) >= 11 is 0. The van der Waals surface area contributed by atoms with Gasteiger partial charge in [0.1, 0.15) is 0 Å². The molecule has 1 saturated carbocycles. The second-order valence-electron chi connectivity index (χ2n) is 4.27. The maximum atomic E-state index is 6.16. The highest BCUT2D eigenvalue weighted by atomic mass is 16.5. The Morgan fingerprint density at radius 1 is 1.38 bits per heavy atom. The van der Waals surface area contributed by atoms with Gasteiger partial charge in [-0.1, -0.05) is 12.8 Å². The summed E-state index contributed by atoms with van der Waals surface area (Å²) in [7, 11) is 5.97. The first kappa shape index (κ1) is 11.0. The zero-order valence-corrected chi connectivity index (χ0v) is 9.05. The summed E-state index contributed by atoms with van der Waals surface area (Å²) in [5.41, 5.74) is 6.35. The van der Waals surface area contributed by atoms with E-state index in [1.54, 1.807) is 7.11 Å². The lowest BCUT2D eigenvalue weighted by atomic mass is 9.88. The standard InChI is InChI=1S/C10H22N2O/c1-12(2)10(6-4-5-7-10)9(11)8-13-3/h9H,4-8,11H2,1-3H3. The van der Waals surface area contributed by atoms with E-state index in [0.29, 0.717) is 6.61 Å². The van der Waals surface area contributed by atoms with E-state index >= 15 is 0 Å². The fourth-order valence-electron chi connectivity index (χ4n) is 2.47. The van der Waals surface area contributed by atoms with Crippen LogP contribution in [-0.2, 0) is 4.74 Å². The van der Waals surface area contributed by atoms with Gasteiger partial charge in [0, 0.05) is 18.7 Å². The van der Waals surface area contributed by atoms with Gasteiger partial charge in [-0.15, -0.1) is 0 Å². The highest BCUT2D eigenvalue weighted by Gasteiger charge is 2.41. The Labute approximate surface area is 81.2 Å². The van der Waals surface area contributed by atoms with Gasteiger partial charge in [-0.2, -0.15) is 0 Å². The molecule has 1 aliphatic rings. The van der Waals surface area contributed by atoms with Gasteiger partial charge in [0.15, 0.2) is 0 Å². The normalized spacial score (nSPS) is 23.8. The molecular formula is C10H22N2O. The van der Waals surface area contributed by atoms with Crippen molar-refractivity contribution in [3.05, 3.63) is 0 Å². The van der Waals surface area contributed by atoms with E-state index in [4.69, 9.17) is 10.5 Å². The van der Waals surface area contributed by atoms with Crippen molar-refractivity contribution < 1.29 is 4.74 Å². The maximum absolute atomic E-state index is 6.16. The van der Waals surface area contributed by atoms with Gasteiger partial charge in [-0.25, -0.2) is 0 Å². The van der Waals surface area contributed by atoms with Crippen molar-refractivity contribution in [2.45, 2.75) is 37.3 Å². The second kappa shape index (κ2) is 4.40. The lowest BCUT2D eigenvalue weighted by Crippen LogP contribution is -2.57. The summed E-state index contributed by atoms with van der Waals surface area (Å²) in [5.74, 6) is 0. The van der Waals surface area contributed by atoms with E-state index in [1.807, 2.05) is 0 Å². The molecule has 13 heavy (non-hydrogen) atoms. The van der Waals surface area contributed by atoms with E-state index in [0.717, 1.165) is 0 Å². The Balaban J connectivity index is 2.66. The summed E-state index contributed by atoms with van der Waals surface area (Å²) in [6, 6.07) is 0.148. The van der Waals surface area contributed by atoms with Crippen LogP contribution in [-0.4, -0.2) is 44.3 Å². The number of methoxy groups -OCH3 is 1. The van der Waals surface area contributed by atoms with E-state index < -0.39 is 0 Å². The first-order chi connectivity index (χ1) is 6.13. The van der Waals surface area contributed by atoms with Crippen LogP contribution in [0.1, 0.15) is 25.7 Å². The van der Waals surface area contributed by atoms with Crippen LogP contribution in [0.2, 0.25) is 0 Å². The predicted octanol–water partition coefficient (Wildman–Crippen LogP) is 0.834. The number of hydrogen-bond acceptors (Lipinski definition) is 3. The lowest BCUT2D eigenvalue weighted by molar-refractivity contribution is 0.0693. The third kappa shape index (κ3) is 2.03. The monoisotopic (exact) mass is 186 g/mol. The summed E-state index contributed by atoms with van der Waals surface area (Å²) in [6.45, 7) is 0.665. The van der Waals surface area contributed by atoms with E-state index in [9.17, 15) is 0 Å². The third-order valence-electron chi connectivity index (χ3n) is 3.40. The lowest BCUT2D eigenvalue weighted by Gasteiger charge is -2.41. The quantitative estimate of drug-likeness (QED) is 0.707. The first-order valence-electron chi connectivity index (χ1n) is 5.05. The predicted molar refractivity (Wildman–Crippen MR) is 54.7 cm³/mol. The van der Waals surface area contributed by atoms with Crippen LogP contribution in [0.25, 0.3) is 0 Å². The van der Waals surface area contributed by atoms with Gasteiger partial charge in [0.25, 0.3) is 0 Å². The minimum Gasteiger partial charge on any atom is -0.383 e. The first-order valence-corrected chi connectivity index (χ1v) is 5.05. The molecule has 1 atom stereocenters. The Morgan fingerprint density at radius 3 is 2.31 bits per heavy atom. The Morgan fingerprint density at radius 2 is 1.92 bits per heavy atom. The molecule has 0 radical (unpaired) electrons. The molecule has 1 rings (SSSR count). The van der Waals surface area contributed by atoms with E-state index in [2.05, 4.69) is 19.0 Å². The number of ether oxygens (including phenoxy) is 1. The minimum absolute atomic E-state index is 0.148. The average molecular weight is 186 g/mol. The fraction of sp³-hybridized carbons (Fsp3) is 1.00. The molecule has 1 fully saturated rings. The van der Waals surface area contributed by atoms with E-state index in [1.165, 1.54) is 25.7 Å². The largest absolute Gasteiger partial charge is 0.383 e. The molecule has 3 heteroatoms. The summed E-state index contributed by atoms with van der Waals surface area (Å²) in [4.78, 5) is 2.28. The average Bonchev–Trinajstić information content (AvgIpc) is 2.53. The third-order valence-corrected chi connectivity index (χ3v) is 3.40. The van der Waals surface area contributed by atoms with Crippen molar-refractivity contribution in [2.24, 2.45) is 5.73 Å². The molecule has 0 bridgehead atoms. The van der Waals surface area contributed by atoms with Crippen molar-refractivity contribution >= 4 is 0 Å². The molecule has 78 valence electrons. The number of rotatable bonds is 4. The molecule has 2 N–H and O–H groups in total. The SMILES string of the molecule is COCC(N)C1(N(C)C)CCCC1. The van der Waals surface area contributed by atoms with Crippen LogP contribution in [0.15, 0.2) is 0 Å². The van der Waals surface area contributed by atoms with Crippen LogP contribution in [0.3, 0.4) is 0 Å². The van der Waals surface area contributed by atoms with Crippen LogP contribution in [0.4, 0.5) is 0 Å². The Hall–Kier alpha value is -0.120. The minimum atomic E-state index is 0.148. The number of likely N-dealkylation sites (N-methyl/N-ethyl adjacent to an activating group) is 1. The van der Waals surface area contributed by atoms with E-state index in [-0.39, 0.29) is 11.6 Å². The Bertz CT molecular complexity index is 153. The molecule has 0 aliphatic heterocycles. The van der Waals surface area contributed by atoms with Gasteiger partial charge < -0.3 is 15.4 Å². The summed E-state index contributed by atoms with van der Waals surface area (Å²) in [5, 5.41) is 0. The molecule has 1 aliphatic carbocycles. The topological polar surface area (TPSA) is 38.5 Å². The zero-order valence-electron chi connectivity index (χ0n) is 9.05. The van der Waals surface area contributed by atoms with Gasteiger partial charge in [0.2, 0.25) is 0 Å². The molecular weight excluding hydrogens is 164 g/mol. The zero-order chi connectivity index (χ0) is 9.90. The van der Waals surface area contributed by atoms with Crippen LogP contribution < -0.4 is 5.73 Å². The van der Waals surface area contributed by atoms with Crippen LogP contribution >= 0.6 is 0 Å². The molecule has 0 heterocycles. The molecule has 1 unspecified atom stereocenters. The molecule has 0 aromatic rings. The van der Waals surface area contributed by atoms with Crippen LogP contribution in [0.5, 0.6) is 0 Å². The summed E-state index contributed by atoms with van der Waals surface area (Å²) in [6.07, 6.45) is 5.03. The molecule has 0 aromatic carbocycles. The molecule has 0 amide bonds. The molecule has 0 spiro atoms. The van der Waals surface area contributed by atoms with Crippen molar-refractivity contribution in [2.75, 3.05) is 27.8 Å². The number of nitrogens with two attached hydrogens (primary N) is 1.